The van der Waals surface area contributed by atoms with Gasteiger partial charge in [0.2, 0.25) is 11.8 Å². The van der Waals surface area contributed by atoms with Crippen LogP contribution < -0.4 is 15.4 Å². The Labute approximate surface area is 126 Å². The number of rotatable bonds is 8. The van der Waals surface area contributed by atoms with Gasteiger partial charge in [-0.2, -0.15) is 0 Å². The Kier molecular flexibility index (Phi) is 7.29. The van der Waals surface area contributed by atoms with Crippen molar-refractivity contribution in [3.8, 4) is 5.75 Å². The van der Waals surface area contributed by atoms with Crippen LogP contribution in [0.15, 0.2) is 24.3 Å². The molecule has 0 bridgehead atoms. The Bertz CT molecular complexity index is 472. The first-order valence-corrected chi connectivity index (χ1v) is 7.35. The second-order valence-corrected chi connectivity index (χ2v) is 5.09. The highest BCUT2D eigenvalue weighted by Crippen LogP contribution is 2.24. The minimum atomic E-state index is -0.344. The molecule has 116 valence electrons. The van der Waals surface area contributed by atoms with Gasteiger partial charge >= 0.3 is 0 Å². The van der Waals surface area contributed by atoms with Crippen LogP contribution in [0.3, 0.4) is 0 Å². The van der Waals surface area contributed by atoms with Gasteiger partial charge in [0, 0.05) is 6.54 Å². The van der Waals surface area contributed by atoms with E-state index in [0.29, 0.717) is 18.0 Å². The van der Waals surface area contributed by atoms with Crippen LogP contribution in [-0.2, 0) is 9.59 Å². The predicted octanol–water partition coefficient (Wildman–Crippen LogP) is 2.72. The lowest BCUT2D eigenvalue weighted by Crippen LogP contribution is -2.28. The number of hydrogen-bond acceptors (Lipinski definition) is 3. The third-order valence-electron chi connectivity index (χ3n) is 2.70. The first kappa shape index (κ1) is 17.0. The molecule has 0 aromatic heterocycles. The van der Waals surface area contributed by atoms with Crippen molar-refractivity contribution in [3.05, 3.63) is 24.3 Å². The predicted molar refractivity (Wildman–Crippen MR) is 83.4 cm³/mol. The molecule has 0 radical (unpaired) electrons. The molecule has 1 rings (SSSR count). The van der Waals surface area contributed by atoms with Crippen LogP contribution >= 0.6 is 0 Å². The minimum Gasteiger partial charge on any atom is -0.489 e. The van der Waals surface area contributed by atoms with Crippen molar-refractivity contribution in [2.45, 2.75) is 46.1 Å². The minimum absolute atomic E-state index is 0.0143. The lowest BCUT2D eigenvalue weighted by atomic mass is 10.2. The molecule has 2 amide bonds. The molecule has 0 atom stereocenters. The Morgan fingerprint density at radius 3 is 2.57 bits per heavy atom. The molecular formula is C16H24N2O3. The summed E-state index contributed by atoms with van der Waals surface area (Å²) in [6, 6.07) is 7.19. The molecule has 0 saturated carbocycles. The van der Waals surface area contributed by atoms with E-state index in [1.165, 1.54) is 0 Å². The highest BCUT2D eigenvalue weighted by atomic mass is 16.5. The summed E-state index contributed by atoms with van der Waals surface area (Å²) in [4.78, 5) is 23.4. The van der Waals surface area contributed by atoms with E-state index in [1.807, 2.05) is 32.9 Å². The Hall–Kier alpha value is -2.04. The largest absolute Gasteiger partial charge is 0.489 e. The molecule has 0 aliphatic carbocycles. The monoisotopic (exact) mass is 292 g/mol. The molecule has 0 spiro atoms. The molecule has 0 aliphatic rings. The van der Waals surface area contributed by atoms with E-state index in [4.69, 9.17) is 4.74 Å². The molecule has 5 nitrogen and oxygen atoms in total. The van der Waals surface area contributed by atoms with Gasteiger partial charge in [0.25, 0.3) is 0 Å². The summed E-state index contributed by atoms with van der Waals surface area (Å²) in [6.07, 6.45) is 1.75. The van der Waals surface area contributed by atoms with Crippen molar-refractivity contribution < 1.29 is 14.3 Å². The normalized spacial score (nSPS) is 10.3. The highest BCUT2D eigenvalue weighted by molar-refractivity contribution is 6.04. The van der Waals surface area contributed by atoms with E-state index in [9.17, 15) is 9.59 Å². The summed E-state index contributed by atoms with van der Waals surface area (Å²) in [6.45, 7) is 6.49. The number of amides is 2. The average molecular weight is 292 g/mol. The molecule has 0 fully saturated rings. The van der Waals surface area contributed by atoms with E-state index < -0.39 is 0 Å². The first-order valence-electron chi connectivity index (χ1n) is 7.35. The second-order valence-electron chi connectivity index (χ2n) is 5.09. The average Bonchev–Trinajstić information content (AvgIpc) is 2.40. The van der Waals surface area contributed by atoms with Gasteiger partial charge in [-0.3, -0.25) is 9.59 Å². The summed E-state index contributed by atoms with van der Waals surface area (Å²) < 4.78 is 5.62. The maximum absolute atomic E-state index is 11.9. The number of carbonyl (C=O) groups excluding carboxylic acids is 2. The van der Waals surface area contributed by atoms with Crippen molar-refractivity contribution in [1.82, 2.24) is 5.32 Å². The molecule has 5 heteroatoms. The topological polar surface area (TPSA) is 67.4 Å². The van der Waals surface area contributed by atoms with Crippen LogP contribution in [0.2, 0.25) is 0 Å². The van der Waals surface area contributed by atoms with Crippen molar-refractivity contribution in [3.63, 3.8) is 0 Å². The van der Waals surface area contributed by atoms with Crippen LogP contribution in [0.1, 0.15) is 40.0 Å². The summed E-state index contributed by atoms with van der Waals surface area (Å²) in [5.74, 6) is -0.000690. The van der Waals surface area contributed by atoms with Crippen LogP contribution in [0, 0.1) is 0 Å². The fourth-order valence-corrected chi connectivity index (χ4v) is 1.73. The molecular weight excluding hydrogens is 268 g/mol. The van der Waals surface area contributed by atoms with Crippen LogP contribution in [0.5, 0.6) is 5.75 Å². The molecule has 0 heterocycles. The molecule has 0 aliphatic heterocycles. The van der Waals surface area contributed by atoms with Crippen molar-refractivity contribution in [1.29, 1.82) is 0 Å². The lowest BCUT2D eigenvalue weighted by Gasteiger charge is -2.14. The van der Waals surface area contributed by atoms with E-state index in [0.717, 1.165) is 12.8 Å². The maximum atomic E-state index is 11.9. The third kappa shape index (κ3) is 6.79. The van der Waals surface area contributed by atoms with Gasteiger partial charge in [-0.15, -0.1) is 0 Å². The van der Waals surface area contributed by atoms with Crippen molar-refractivity contribution >= 4 is 17.5 Å². The number of unbranched alkanes of at least 4 members (excludes halogenated alkanes) is 1. The molecule has 2 N–H and O–H groups in total. The van der Waals surface area contributed by atoms with E-state index in [-0.39, 0.29) is 24.3 Å². The van der Waals surface area contributed by atoms with Gasteiger partial charge in [0.1, 0.15) is 12.2 Å². The van der Waals surface area contributed by atoms with Crippen LogP contribution in [0.4, 0.5) is 5.69 Å². The quantitative estimate of drug-likeness (QED) is 0.572. The number of ether oxygens (including phenoxy) is 1. The third-order valence-corrected chi connectivity index (χ3v) is 2.70. The number of benzene rings is 1. The fraction of sp³-hybridized carbons (Fsp3) is 0.500. The zero-order chi connectivity index (χ0) is 15.7. The number of para-hydroxylation sites is 2. The molecule has 1 aromatic rings. The Morgan fingerprint density at radius 2 is 1.90 bits per heavy atom. The van der Waals surface area contributed by atoms with E-state index >= 15 is 0 Å². The van der Waals surface area contributed by atoms with Crippen LogP contribution in [0.25, 0.3) is 0 Å². The zero-order valence-corrected chi connectivity index (χ0v) is 12.9. The zero-order valence-electron chi connectivity index (χ0n) is 12.9. The molecule has 21 heavy (non-hydrogen) atoms. The van der Waals surface area contributed by atoms with Crippen LogP contribution in [-0.4, -0.2) is 24.5 Å². The number of carbonyl (C=O) groups is 2. The Morgan fingerprint density at radius 1 is 1.19 bits per heavy atom. The summed E-state index contributed by atoms with van der Waals surface area (Å²) >= 11 is 0. The fourth-order valence-electron chi connectivity index (χ4n) is 1.73. The van der Waals surface area contributed by atoms with Gasteiger partial charge in [-0.25, -0.2) is 0 Å². The maximum Gasteiger partial charge on any atom is 0.233 e. The summed E-state index contributed by atoms with van der Waals surface area (Å²) in [5, 5.41) is 5.43. The number of nitrogens with one attached hydrogen (secondary N) is 2. The van der Waals surface area contributed by atoms with Gasteiger partial charge in [-0.1, -0.05) is 25.5 Å². The second kappa shape index (κ2) is 9.00. The molecule has 1 aromatic carbocycles. The van der Waals surface area contributed by atoms with Gasteiger partial charge in [0.05, 0.1) is 11.8 Å². The lowest BCUT2D eigenvalue weighted by molar-refractivity contribution is -0.126. The summed E-state index contributed by atoms with van der Waals surface area (Å²) in [5.41, 5.74) is 0.581. The van der Waals surface area contributed by atoms with Gasteiger partial charge in [0.15, 0.2) is 0 Å². The molecule has 0 unspecified atom stereocenters. The van der Waals surface area contributed by atoms with Gasteiger partial charge < -0.3 is 15.4 Å². The highest BCUT2D eigenvalue weighted by Gasteiger charge is 2.12. The van der Waals surface area contributed by atoms with E-state index in [2.05, 4.69) is 10.6 Å². The number of hydrogen-bond donors (Lipinski definition) is 2. The smallest absolute Gasteiger partial charge is 0.233 e. The van der Waals surface area contributed by atoms with E-state index in [1.54, 1.807) is 12.1 Å². The van der Waals surface area contributed by atoms with Gasteiger partial charge in [-0.05, 0) is 32.4 Å². The summed E-state index contributed by atoms with van der Waals surface area (Å²) in [7, 11) is 0. The first-order chi connectivity index (χ1) is 10.0. The Balaban J connectivity index is 2.52. The van der Waals surface area contributed by atoms with Crippen molar-refractivity contribution in [2.75, 3.05) is 11.9 Å². The molecule has 0 saturated heterocycles. The standard InChI is InChI=1S/C16H24N2O3/c1-4-5-10-17-15(19)11-16(20)18-13-8-6-7-9-14(13)21-12(2)3/h6-9,12H,4-5,10-11H2,1-3H3,(H,17,19)(H,18,20). The number of anilines is 1. The SMILES string of the molecule is CCCCNC(=O)CC(=O)Nc1ccccc1OC(C)C. The van der Waals surface area contributed by atoms with Crippen molar-refractivity contribution in [2.24, 2.45) is 0 Å².